The van der Waals surface area contributed by atoms with Crippen LogP contribution in [0.4, 0.5) is 17.6 Å². The zero-order valence-corrected chi connectivity index (χ0v) is 15.2. The van der Waals surface area contributed by atoms with E-state index in [0.717, 1.165) is 22.2 Å². The number of fused-ring (bicyclic) bond motifs is 1. The second-order valence-corrected chi connectivity index (χ2v) is 6.41. The van der Waals surface area contributed by atoms with Crippen molar-refractivity contribution in [3.05, 3.63) is 53.3 Å². The van der Waals surface area contributed by atoms with E-state index in [2.05, 4.69) is 20.3 Å². The Morgan fingerprint density at radius 1 is 0.963 bits per heavy atom. The molecule has 0 saturated carbocycles. The smallest absolute Gasteiger partial charge is 0.242 e. The fourth-order valence-electron chi connectivity index (χ4n) is 2.92. The van der Waals surface area contributed by atoms with Crippen molar-refractivity contribution < 1.29 is 5.11 Å². The molecule has 0 spiro atoms. The van der Waals surface area contributed by atoms with Crippen LogP contribution in [0.5, 0.6) is 5.75 Å². The molecule has 0 fully saturated rings. The van der Waals surface area contributed by atoms with Gasteiger partial charge >= 0.3 is 0 Å². The second kappa shape index (κ2) is 6.24. The number of nitrogens with one attached hydrogen (secondary N) is 1. The average molecular weight is 361 g/mol. The van der Waals surface area contributed by atoms with Crippen LogP contribution >= 0.6 is 0 Å². The minimum atomic E-state index is 0.145. The van der Waals surface area contributed by atoms with Crippen LogP contribution in [0, 0.1) is 20.8 Å². The lowest BCUT2D eigenvalue weighted by atomic mass is 10.1. The van der Waals surface area contributed by atoms with Gasteiger partial charge in [0.15, 0.2) is 0 Å². The van der Waals surface area contributed by atoms with Gasteiger partial charge in [-0.05, 0) is 56.2 Å². The molecule has 2 aromatic carbocycles. The van der Waals surface area contributed by atoms with Gasteiger partial charge in [0.2, 0.25) is 17.8 Å². The Morgan fingerprint density at radius 3 is 2.48 bits per heavy atom. The Bertz CT molecular complexity index is 1150. The second-order valence-electron chi connectivity index (χ2n) is 6.41. The lowest BCUT2D eigenvalue weighted by Gasteiger charge is -2.11. The van der Waals surface area contributed by atoms with Crippen LogP contribution in [0.25, 0.3) is 17.0 Å². The molecule has 0 aliphatic carbocycles. The number of aromatic hydroxyl groups is 1. The Balaban J connectivity index is 1.96. The summed E-state index contributed by atoms with van der Waals surface area (Å²) in [4.78, 5) is 17.5. The topological polar surface area (TPSA) is 115 Å². The minimum Gasteiger partial charge on any atom is -0.508 e. The van der Waals surface area contributed by atoms with Crippen LogP contribution in [0.15, 0.2) is 36.4 Å². The molecule has 8 heteroatoms. The molecule has 0 radical (unpaired) electrons. The van der Waals surface area contributed by atoms with Gasteiger partial charge in [-0.2, -0.15) is 15.0 Å². The maximum atomic E-state index is 9.75. The maximum absolute atomic E-state index is 9.75. The molecule has 0 amide bonds. The monoisotopic (exact) mass is 361 g/mol. The molecule has 0 aliphatic heterocycles. The standard InChI is InChI=1S/C19H19N7O/c1-10-7-15-16(8-11(10)2)26(18-22-12(3)21-17(20)25-18)19(24-15)23-13-5-4-6-14(27)9-13/h4-9,27H,1-3H3,(H,23,24)(H2,20,21,22,25). The van der Waals surface area contributed by atoms with Crippen molar-refractivity contribution in [3.8, 4) is 11.7 Å². The van der Waals surface area contributed by atoms with E-state index in [-0.39, 0.29) is 11.7 Å². The van der Waals surface area contributed by atoms with Gasteiger partial charge in [0, 0.05) is 11.8 Å². The van der Waals surface area contributed by atoms with E-state index in [1.54, 1.807) is 29.7 Å². The number of benzene rings is 2. The van der Waals surface area contributed by atoms with Crippen molar-refractivity contribution in [2.45, 2.75) is 20.8 Å². The van der Waals surface area contributed by atoms with E-state index in [1.807, 2.05) is 32.0 Å². The summed E-state index contributed by atoms with van der Waals surface area (Å²) in [7, 11) is 0. The quantitative estimate of drug-likeness (QED) is 0.513. The number of phenols is 1. The molecule has 136 valence electrons. The summed E-state index contributed by atoms with van der Waals surface area (Å²) in [6.07, 6.45) is 0. The molecule has 2 heterocycles. The first-order chi connectivity index (χ1) is 12.9. The zero-order valence-electron chi connectivity index (χ0n) is 15.2. The maximum Gasteiger partial charge on any atom is 0.242 e. The van der Waals surface area contributed by atoms with E-state index in [0.29, 0.717) is 23.4 Å². The summed E-state index contributed by atoms with van der Waals surface area (Å²) in [6.45, 7) is 5.85. The highest BCUT2D eigenvalue weighted by molar-refractivity contribution is 5.83. The molecule has 0 aliphatic rings. The Hall–Kier alpha value is -3.68. The number of phenolic OH excluding ortho intramolecular Hbond substituents is 1. The summed E-state index contributed by atoms with van der Waals surface area (Å²) < 4.78 is 1.80. The van der Waals surface area contributed by atoms with Crippen molar-refractivity contribution >= 4 is 28.6 Å². The van der Waals surface area contributed by atoms with Crippen molar-refractivity contribution in [3.63, 3.8) is 0 Å². The van der Waals surface area contributed by atoms with Crippen LogP contribution in [0.2, 0.25) is 0 Å². The van der Waals surface area contributed by atoms with E-state index >= 15 is 0 Å². The predicted molar refractivity (Wildman–Crippen MR) is 104 cm³/mol. The van der Waals surface area contributed by atoms with Gasteiger partial charge in [-0.25, -0.2) is 9.55 Å². The van der Waals surface area contributed by atoms with Gasteiger partial charge in [-0.3, -0.25) is 0 Å². The number of nitrogens with zero attached hydrogens (tertiary/aromatic N) is 5. The van der Waals surface area contributed by atoms with Crippen LogP contribution in [0.3, 0.4) is 0 Å². The summed E-state index contributed by atoms with van der Waals surface area (Å²) in [5.41, 5.74) is 10.5. The number of anilines is 3. The first-order valence-electron chi connectivity index (χ1n) is 8.45. The lowest BCUT2D eigenvalue weighted by molar-refractivity contribution is 0.475. The lowest BCUT2D eigenvalue weighted by Crippen LogP contribution is -2.10. The van der Waals surface area contributed by atoms with Gasteiger partial charge in [-0.15, -0.1) is 0 Å². The number of hydrogen-bond acceptors (Lipinski definition) is 7. The van der Waals surface area contributed by atoms with Crippen LogP contribution in [-0.4, -0.2) is 29.6 Å². The fraction of sp³-hybridized carbons (Fsp3) is 0.158. The van der Waals surface area contributed by atoms with Crippen molar-refractivity contribution in [1.29, 1.82) is 0 Å². The van der Waals surface area contributed by atoms with Crippen molar-refractivity contribution in [2.75, 3.05) is 11.1 Å². The van der Waals surface area contributed by atoms with Crippen LogP contribution < -0.4 is 11.1 Å². The number of nitrogen functional groups attached to an aromatic ring is 1. The highest BCUT2D eigenvalue weighted by Gasteiger charge is 2.17. The van der Waals surface area contributed by atoms with E-state index in [4.69, 9.17) is 10.7 Å². The Kier molecular flexibility index (Phi) is 3.88. The number of imidazole rings is 1. The first-order valence-corrected chi connectivity index (χ1v) is 8.45. The molecule has 8 nitrogen and oxygen atoms in total. The molecular formula is C19H19N7O. The summed E-state index contributed by atoms with van der Waals surface area (Å²) in [6, 6.07) is 10.9. The molecule has 0 saturated heterocycles. The number of aromatic nitrogens is 5. The molecule has 4 rings (SSSR count). The summed E-state index contributed by atoms with van der Waals surface area (Å²) in [5.74, 6) is 1.73. The van der Waals surface area contributed by atoms with Gasteiger partial charge < -0.3 is 16.2 Å². The average Bonchev–Trinajstić information content (AvgIpc) is 2.91. The zero-order chi connectivity index (χ0) is 19.1. The molecule has 0 bridgehead atoms. The highest BCUT2D eigenvalue weighted by atomic mass is 16.3. The van der Waals surface area contributed by atoms with Gasteiger partial charge in [-0.1, -0.05) is 6.07 Å². The molecule has 0 atom stereocenters. The first kappa shape index (κ1) is 16.8. The SMILES string of the molecule is Cc1nc(N)nc(-n2c(Nc3cccc(O)c3)nc3cc(C)c(C)cc32)n1. The summed E-state index contributed by atoms with van der Waals surface area (Å²) >= 11 is 0. The minimum absolute atomic E-state index is 0.145. The predicted octanol–water partition coefficient (Wildman–Crippen LogP) is 3.17. The molecular weight excluding hydrogens is 342 g/mol. The molecule has 27 heavy (non-hydrogen) atoms. The van der Waals surface area contributed by atoms with Gasteiger partial charge in [0.1, 0.15) is 11.6 Å². The molecule has 4 aromatic rings. The fourth-order valence-corrected chi connectivity index (χ4v) is 2.92. The third-order valence-electron chi connectivity index (χ3n) is 4.32. The van der Waals surface area contributed by atoms with Crippen LogP contribution in [0.1, 0.15) is 17.0 Å². The summed E-state index contributed by atoms with van der Waals surface area (Å²) in [5, 5.41) is 13.0. The number of rotatable bonds is 3. The van der Waals surface area contributed by atoms with E-state index in [9.17, 15) is 5.11 Å². The number of aryl methyl sites for hydroxylation is 3. The third kappa shape index (κ3) is 3.12. The largest absolute Gasteiger partial charge is 0.508 e. The van der Waals surface area contributed by atoms with Gasteiger partial charge in [0.05, 0.1) is 11.0 Å². The Morgan fingerprint density at radius 2 is 1.74 bits per heavy atom. The normalized spacial score (nSPS) is 11.1. The van der Waals surface area contributed by atoms with E-state index in [1.165, 1.54) is 0 Å². The number of hydrogen-bond donors (Lipinski definition) is 3. The third-order valence-corrected chi connectivity index (χ3v) is 4.32. The van der Waals surface area contributed by atoms with Gasteiger partial charge in [0.25, 0.3) is 0 Å². The van der Waals surface area contributed by atoms with E-state index < -0.39 is 0 Å². The molecule has 4 N–H and O–H groups in total. The highest BCUT2D eigenvalue weighted by Crippen LogP contribution is 2.28. The van der Waals surface area contributed by atoms with Crippen molar-refractivity contribution in [1.82, 2.24) is 24.5 Å². The van der Waals surface area contributed by atoms with Crippen LogP contribution in [-0.2, 0) is 0 Å². The Labute approximate surface area is 155 Å². The molecule has 0 unspecified atom stereocenters. The number of nitrogens with two attached hydrogens (primary N) is 1. The van der Waals surface area contributed by atoms with Crippen molar-refractivity contribution in [2.24, 2.45) is 0 Å². The molecule has 2 aromatic heterocycles.